The molecule has 1 heterocycles. The first-order valence-corrected chi connectivity index (χ1v) is 6.45. The van der Waals surface area contributed by atoms with E-state index in [1.807, 2.05) is 19.9 Å². The van der Waals surface area contributed by atoms with Gasteiger partial charge in [0.15, 0.2) is 0 Å². The van der Waals surface area contributed by atoms with Crippen LogP contribution in [0.2, 0.25) is 0 Å². The molecule has 0 saturated carbocycles. The molecule has 0 aliphatic heterocycles. The number of hydrogen-bond donors (Lipinski definition) is 2. The SMILES string of the molecule is CC(C)NC(=O)CN(C)C(=O)c1ccc2cn[nH]c2c1. The van der Waals surface area contributed by atoms with Crippen molar-refractivity contribution in [3.63, 3.8) is 0 Å². The van der Waals surface area contributed by atoms with Crippen LogP contribution >= 0.6 is 0 Å². The first kappa shape index (κ1) is 14.0. The molecule has 0 saturated heterocycles. The lowest BCUT2D eigenvalue weighted by atomic mass is 10.1. The van der Waals surface area contributed by atoms with Crippen LogP contribution in [0.4, 0.5) is 0 Å². The Morgan fingerprint density at radius 2 is 2.15 bits per heavy atom. The number of benzene rings is 1. The summed E-state index contributed by atoms with van der Waals surface area (Å²) in [5, 5.41) is 10.4. The fourth-order valence-electron chi connectivity index (χ4n) is 1.95. The molecular formula is C14H18N4O2. The van der Waals surface area contributed by atoms with Crippen molar-refractivity contribution in [3.05, 3.63) is 30.0 Å². The Labute approximate surface area is 117 Å². The molecule has 0 bridgehead atoms. The molecule has 0 aliphatic rings. The number of carbonyl (C=O) groups is 2. The van der Waals surface area contributed by atoms with Crippen molar-refractivity contribution in [1.29, 1.82) is 0 Å². The van der Waals surface area contributed by atoms with Gasteiger partial charge in [0.2, 0.25) is 5.91 Å². The van der Waals surface area contributed by atoms with E-state index in [0.29, 0.717) is 5.56 Å². The van der Waals surface area contributed by atoms with Gasteiger partial charge in [0, 0.05) is 24.0 Å². The van der Waals surface area contributed by atoms with Crippen LogP contribution in [0.5, 0.6) is 0 Å². The van der Waals surface area contributed by atoms with Gasteiger partial charge in [-0.3, -0.25) is 14.7 Å². The summed E-state index contributed by atoms with van der Waals surface area (Å²) in [5.41, 5.74) is 1.33. The molecule has 2 N–H and O–H groups in total. The minimum Gasteiger partial charge on any atom is -0.352 e. The van der Waals surface area contributed by atoms with Gasteiger partial charge in [-0.15, -0.1) is 0 Å². The normalized spacial score (nSPS) is 10.8. The van der Waals surface area contributed by atoms with Crippen LogP contribution in [0.3, 0.4) is 0 Å². The highest BCUT2D eigenvalue weighted by Crippen LogP contribution is 2.13. The summed E-state index contributed by atoms with van der Waals surface area (Å²) in [6.45, 7) is 3.80. The van der Waals surface area contributed by atoms with E-state index in [1.165, 1.54) is 4.90 Å². The summed E-state index contributed by atoms with van der Waals surface area (Å²) < 4.78 is 0. The van der Waals surface area contributed by atoms with Crippen LogP contribution in [-0.4, -0.2) is 46.5 Å². The van der Waals surface area contributed by atoms with Gasteiger partial charge in [-0.1, -0.05) is 6.07 Å². The van der Waals surface area contributed by atoms with Crippen LogP contribution in [0, 0.1) is 0 Å². The van der Waals surface area contributed by atoms with E-state index in [1.54, 1.807) is 25.4 Å². The van der Waals surface area contributed by atoms with Crippen molar-refractivity contribution in [2.45, 2.75) is 19.9 Å². The molecule has 1 aromatic carbocycles. The zero-order valence-electron chi connectivity index (χ0n) is 11.8. The molecule has 2 rings (SSSR count). The third kappa shape index (κ3) is 3.14. The zero-order chi connectivity index (χ0) is 14.7. The van der Waals surface area contributed by atoms with Gasteiger partial charge in [-0.25, -0.2) is 0 Å². The third-order valence-corrected chi connectivity index (χ3v) is 2.87. The van der Waals surface area contributed by atoms with E-state index in [2.05, 4.69) is 15.5 Å². The molecule has 0 atom stereocenters. The lowest BCUT2D eigenvalue weighted by Crippen LogP contribution is -2.40. The maximum Gasteiger partial charge on any atom is 0.254 e. The summed E-state index contributed by atoms with van der Waals surface area (Å²) in [4.78, 5) is 25.3. The maximum atomic E-state index is 12.2. The molecule has 6 nitrogen and oxygen atoms in total. The lowest BCUT2D eigenvalue weighted by molar-refractivity contribution is -0.122. The molecule has 106 valence electrons. The standard InChI is InChI=1S/C14H18N4O2/c1-9(2)16-13(19)8-18(3)14(20)10-4-5-11-7-15-17-12(11)6-10/h4-7,9H,8H2,1-3H3,(H,15,17)(H,16,19). The highest BCUT2D eigenvalue weighted by molar-refractivity contribution is 5.99. The monoisotopic (exact) mass is 274 g/mol. The van der Waals surface area contributed by atoms with Crippen molar-refractivity contribution >= 4 is 22.7 Å². The number of aromatic nitrogens is 2. The number of amides is 2. The number of hydrogen-bond acceptors (Lipinski definition) is 3. The first-order valence-electron chi connectivity index (χ1n) is 6.45. The van der Waals surface area contributed by atoms with Crippen LogP contribution in [0.15, 0.2) is 24.4 Å². The Morgan fingerprint density at radius 1 is 1.40 bits per heavy atom. The average Bonchev–Trinajstić information content (AvgIpc) is 2.83. The molecule has 2 amide bonds. The molecule has 0 aliphatic carbocycles. The molecule has 6 heteroatoms. The number of likely N-dealkylation sites (N-methyl/N-ethyl adjacent to an activating group) is 1. The summed E-state index contributed by atoms with van der Waals surface area (Å²) in [5.74, 6) is -0.362. The van der Waals surface area contributed by atoms with E-state index >= 15 is 0 Å². The molecule has 20 heavy (non-hydrogen) atoms. The Morgan fingerprint density at radius 3 is 2.85 bits per heavy atom. The fourth-order valence-corrected chi connectivity index (χ4v) is 1.95. The van der Waals surface area contributed by atoms with E-state index in [9.17, 15) is 9.59 Å². The van der Waals surface area contributed by atoms with Gasteiger partial charge in [0.1, 0.15) is 0 Å². The molecular weight excluding hydrogens is 256 g/mol. The molecule has 0 spiro atoms. The van der Waals surface area contributed by atoms with Crippen LogP contribution in [0.1, 0.15) is 24.2 Å². The fraction of sp³-hybridized carbons (Fsp3) is 0.357. The Bertz CT molecular complexity index is 633. The topological polar surface area (TPSA) is 78.1 Å². The molecule has 0 radical (unpaired) electrons. The Kier molecular flexibility index (Phi) is 4.02. The molecule has 0 unspecified atom stereocenters. The lowest BCUT2D eigenvalue weighted by Gasteiger charge is -2.18. The van der Waals surface area contributed by atoms with E-state index in [0.717, 1.165) is 10.9 Å². The van der Waals surface area contributed by atoms with E-state index < -0.39 is 0 Å². The smallest absolute Gasteiger partial charge is 0.254 e. The Hall–Kier alpha value is -2.37. The van der Waals surface area contributed by atoms with Crippen molar-refractivity contribution < 1.29 is 9.59 Å². The second-order valence-electron chi connectivity index (χ2n) is 5.06. The van der Waals surface area contributed by atoms with E-state index in [4.69, 9.17) is 0 Å². The number of fused-ring (bicyclic) bond motifs is 1. The zero-order valence-corrected chi connectivity index (χ0v) is 11.8. The molecule has 2 aromatic rings. The van der Waals surface area contributed by atoms with Crippen molar-refractivity contribution in [2.75, 3.05) is 13.6 Å². The van der Waals surface area contributed by atoms with Crippen LogP contribution in [-0.2, 0) is 4.79 Å². The predicted octanol–water partition coefficient (Wildman–Crippen LogP) is 1.16. The summed E-state index contributed by atoms with van der Waals surface area (Å²) in [6.07, 6.45) is 1.70. The largest absolute Gasteiger partial charge is 0.352 e. The number of H-pyrrole nitrogens is 1. The van der Waals surface area contributed by atoms with Crippen molar-refractivity contribution in [3.8, 4) is 0 Å². The van der Waals surface area contributed by atoms with E-state index in [-0.39, 0.29) is 24.4 Å². The number of aromatic amines is 1. The van der Waals surface area contributed by atoms with Crippen LogP contribution in [0.25, 0.3) is 10.9 Å². The van der Waals surface area contributed by atoms with Gasteiger partial charge < -0.3 is 10.2 Å². The summed E-state index contributed by atoms with van der Waals surface area (Å²) in [6, 6.07) is 5.36. The number of carbonyl (C=O) groups excluding carboxylic acids is 2. The van der Waals surface area contributed by atoms with Gasteiger partial charge >= 0.3 is 0 Å². The minimum atomic E-state index is -0.194. The second-order valence-corrected chi connectivity index (χ2v) is 5.06. The highest BCUT2D eigenvalue weighted by Gasteiger charge is 2.15. The minimum absolute atomic E-state index is 0.0397. The number of rotatable bonds is 4. The highest BCUT2D eigenvalue weighted by atomic mass is 16.2. The second kappa shape index (κ2) is 5.73. The van der Waals surface area contributed by atoms with Gasteiger partial charge in [0.25, 0.3) is 5.91 Å². The maximum absolute atomic E-state index is 12.2. The summed E-state index contributed by atoms with van der Waals surface area (Å²) in [7, 11) is 1.61. The molecule has 0 fully saturated rings. The third-order valence-electron chi connectivity index (χ3n) is 2.87. The van der Waals surface area contributed by atoms with Crippen LogP contribution < -0.4 is 5.32 Å². The van der Waals surface area contributed by atoms with Crippen molar-refractivity contribution in [2.24, 2.45) is 0 Å². The van der Waals surface area contributed by atoms with Gasteiger partial charge in [-0.05, 0) is 26.0 Å². The predicted molar refractivity (Wildman–Crippen MR) is 76.3 cm³/mol. The molecule has 1 aromatic heterocycles. The van der Waals surface area contributed by atoms with Crippen molar-refractivity contribution in [1.82, 2.24) is 20.4 Å². The van der Waals surface area contributed by atoms with Gasteiger partial charge in [-0.2, -0.15) is 5.10 Å². The first-order chi connectivity index (χ1) is 9.47. The number of nitrogens with one attached hydrogen (secondary N) is 2. The number of nitrogens with zero attached hydrogens (tertiary/aromatic N) is 2. The van der Waals surface area contributed by atoms with Gasteiger partial charge in [0.05, 0.1) is 18.3 Å². The summed E-state index contributed by atoms with van der Waals surface area (Å²) >= 11 is 0. The quantitative estimate of drug-likeness (QED) is 0.878. The average molecular weight is 274 g/mol. The Balaban J connectivity index is 2.07.